The zero-order chi connectivity index (χ0) is 17.4. The molecule has 0 fully saturated rings. The average Bonchev–Trinajstić information content (AvgIpc) is 2.60. The number of anilines is 3. The summed E-state index contributed by atoms with van der Waals surface area (Å²) in [6.07, 6.45) is 0. The number of benzene rings is 2. The summed E-state index contributed by atoms with van der Waals surface area (Å²) >= 11 is 0. The first-order valence-electron chi connectivity index (χ1n) is 7.53. The van der Waals surface area contributed by atoms with Crippen LogP contribution < -0.4 is 25.4 Å². The Hall–Kier alpha value is -3.55. The Morgan fingerprint density at radius 3 is 2.16 bits per heavy atom. The zero-order valence-corrected chi connectivity index (χ0v) is 12.9. The fraction of sp³-hybridized carbons (Fsp3) is 0.118. The molecule has 4 rings (SSSR count). The lowest BCUT2D eigenvalue weighted by Crippen LogP contribution is -2.26. The van der Waals surface area contributed by atoms with Gasteiger partial charge in [0.25, 0.3) is 17.7 Å². The van der Waals surface area contributed by atoms with E-state index in [1.54, 1.807) is 36.4 Å². The fourth-order valence-corrected chi connectivity index (χ4v) is 2.59. The van der Waals surface area contributed by atoms with Crippen LogP contribution in [0.2, 0.25) is 0 Å². The van der Waals surface area contributed by atoms with Crippen molar-refractivity contribution in [3.63, 3.8) is 0 Å². The van der Waals surface area contributed by atoms with Crippen molar-refractivity contribution in [1.29, 1.82) is 0 Å². The number of nitrogens with one attached hydrogen (secondary N) is 3. The third-order valence-electron chi connectivity index (χ3n) is 3.74. The number of fused-ring (bicyclic) bond motifs is 2. The van der Waals surface area contributed by atoms with Crippen LogP contribution in [0.5, 0.6) is 11.5 Å². The van der Waals surface area contributed by atoms with Crippen molar-refractivity contribution >= 4 is 34.8 Å². The highest BCUT2D eigenvalue weighted by Crippen LogP contribution is 2.31. The summed E-state index contributed by atoms with van der Waals surface area (Å²) < 4.78 is 10.5. The van der Waals surface area contributed by atoms with Gasteiger partial charge >= 0.3 is 0 Å². The lowest BCUT2D eigenvalue weighted by molar-refractivity contribution is -0.119. The largest absolute Gasteiger partial charge is 0.482 e. The van der Waals surface area contributed by atoms with Gasteiger partial charge in [-0.1, -0.05) is 0 Å². The van der Waals surface area contributed by atoms with E-state index in [-0.39, 0.29) is 30.9 Å². The van der Waals surface area contributed by atoms with Gasteiger partial charge in [-0.25, -0.2) is 0 Å². The molecule has 0 radical (unpaired) electrons. The van der Waals surface area contributed by atoms with Gasteiger partial charge in [-0.05, 0) is 36.4 Å². The molecule has 0 spiro atoms. The predicted molar refractivity (Wildman–Crippen MR) is 89.1 cm³/mol. The minimum Gasteiger partial charge on any atom is -0.482 e. The van der Waals surface area contributed by atoms with Gasteiger partial charge in [0.05, 0.1) is 11.4 Å². The van der Waals surface area contributed by atoms with Gasteiger partial charge in [-0.15, -0.1) is 0 Å². The Morgan fingerprint density at radius 2 is 1.48 bits per heavy atom. The number of hydrogen-bond acceptors (Lipinski definition) is 5. The van der Waals surface area contributed by atoms with E-state index in [4.69, 9.17) is 9.47 Å². The Bertz CT molecular complexity index is 909. The van der Waals surface area contributed by atoms with Crippen molar-refractivity contribution in [2.24, 2.45) is 0 Å². The van der Waals surface area contributed by atoms with E-state index in [0.717, 1.165) is 0 Å². The summed E-state index contributed by atoms with van der Waals surface area (Å²) in [5.41, 5.74) is 1.82. The molecule has 0 saturated carbocycles. The third-order valence-corrected chi connectivity index (χ3v) is 3.74. The second-order valence-corrected chi connectivity index (χ2v) is 5.55. The highest BCUT2D eigenvalue weighted by atomic mass is 16.5. The van der Waals surface area contributed by atoms with Crippen LogP contribution in [0, 0.1) is 0 Å². The van der Waals surface area contributed by atoms with Crippen LogP contribution >= 0.6 is 0 Å². The smallest absolute Gasteiger partial charge is 0.262 e. The minimum absolute atomic E-state index is 0.0262. The van der Waals surface area contributed by atoms with E-state index in [2.05, 4.69) is 16.0 Å². The average molecular weight is 339 g/mol. The topological polar surface area (TPSA) is 106 Å². The summed E-state index contributed by atoms with van der Waals surface area (Å²) in [7, 11) is 0. The van der Waals surface area contributed by atoms with Gasteiger partial charge in [0.15, 0.2) is 13.2 Å². The van der Waals surface area contributed by atoms with Crippen molar-refractivity contribution in [2.75, 3.05) is 29.2 Å². The molecule has 0 unspecified atom stereocenters. The van der Waals surface area contributed by atoms with E-state index in [0.29, 0.717) is 34.1 Å². The summed E-state index contributed by atoms with van der Waals surface area (Å²) in [5, 5.41) is 8.08. The molecule has 8 nitrogen and oxygen atoms in total. The lowest BCUT2D eigenvalue weighted by atomic mass is 10.1. The molecule has 2 heterocycles. The molecule has 3 amide bonds. The van der Waals surface area contributed by atoms with Gasteiger partial charge in [-0.2, -0.15) is 0 Å². The van der Waals surface area contributed by atoms with Gasteiger partial charge in [0, 0.05) is 11.3 Å². The number of carbonyl (C=O) groups is 3. The summed E-state index contributed by atoms with van der Waals surface area (Å²) in [6.45, 7) is -0.0664. The Kier molecular flexibility index (Phi) is 3.50. The van der Waals surface area contributed by atoms with E-state index in [9.17, 15) is 14.4 Å². The van der Waals surface area contributed by atoms with E-state index >= 15 is 0 Å². The third kappa shape index (κ3) is 2.97. The predicted octanol–water partition coefficient (Wildman–Crippen LogP) is 1.60. The Balaban J connectivity index is 1.54. The molecule has 8 heteroatoms. The number of hydrogen-bond donors (Lipinski definition) is 3. The fourth-order valence-electron chi connectivity index (χ4n) is 2.59. The van der Waals surface area contributed by atoms with Crippen molar-refractivity contribution in [2.45, 2.75) is 0 Å². The number of ether oxygens (including phenoxy) is 2. The maximum absolute atomic E-state index is 12.4. The van der Waals surface area contributed by atoms with Crippen molar-refractivity contribution < 1.29 is 23.9 Å². The summed E-state index contributed by atoms with van der Waals surface area (Å²) in [4.78, 5) is 35.2. The van der Waals surface area contributed by atoms with Crippen LogP contribution in [-0.2, 0) is 9.59 Å². The SMILES string of the molecule is O=C1COc2ccc(NC(=O)c3ccc4c(c3)NC(=O)CO4)cc2N1. The summed E-state index contributed by atoms with van der Waals surface area (Å²) in [5.74, 6) is 0.193. The standard InChI is InChI=1S/C17H13N3O5/c21-15-7-24-13-3-1-9(5-11(13)19-15)17(23)18-10-2-4-14-12(6-10)20-16(22)8-25-14/h1-6H,7-8H2,(H,18,23)(H,19,21)(H,20,22). The quantitative estimate of drug-likeness (QED) is 0.771. The molecule has 25 heavy (non-hydrogen) atoms. The van der Waals surface area contributed by atoms with Gasteiger partial charge < -0.3 is 25.4 Å². The van der Waals surface area contributed by atoms with Crippen LogP contribution in [0.25, 0.3) is 0 Å². The molecule has 0 saturated heterocycles. The van der Waals surface area contributed by atoms with Gasteiger partial charge in [-0.3, -0.25) is 14.4 Å². The first-order valence-corrected chi connectivity index (χ1v) is 7.53. The molecule has 126 valence electrons. The highest BCUT2D eigenvalue weighted by molar-refractivity contribution is 6.07. The Morgan fingerprint density at radius 1 is 0.880 bits per heavy atom. The molecule has 3 N–H and O–H groups in total. The number of carbonyl (C=O) groups excluding carboxylic acids is 3. The molecule has 0 aromatic heterocycles. The molecular weight excluding hydrogens is 326 g/mol. The number of rotatable bonds is 2. The Labute approximate surface area is 142 Å². The van der Waals surface area contributed by atoms with E-state index in [1.165, 1.54) is 0 Å². The molecule has 0 aliphatic carbocycles. The van der Waals surface area contributed by atoms with Crippen LogP contribution in [-0.4, -0.2) is 30.9 Å². The molecule has 2 aliphatic heterocycles. The van der Waals surface area contributed by atoms with Crippen molar-refractivity contribution in [3.8, 4) is 11.5 Å². The normalized spacial score (nSPS) is 14.9. The maximum atomic E-state index is 12.4. The van der Waals surface area contributed by atoms with Gasteiger partial charge in [0.1, 0.15) is 11.5 Å². The van der Waals surface area contributed by atoms with Crippen LogP contribution in [0.15, 0.2) is 36.4 Å². The van der Waals surface area contributed by atoms with Crippen molar-refractivity contribution in [1.82, 2.24) is 0 Å². The van der Waals surface area contributed by atoms with E-state index in [1.807, 2.05) is 0 Å². The molecule has 2 aromatic carbocycles. The van der Waals surface area contributed by atoms with Crippen LogP contribution in [0.1, 0.15) is 10.4 Å². The molecule has 0 bridgehead atoms. The van der Waals surface area contributed by atoms with Crippen LogP contribution in [0.4, 0.5) is 17.1 Å². The summed E-state index contributed by atoms with van der Waals surface area (Å²) in [6, 6.07) is 9.75. The highest BCUT2D eigenvalue weighted by Gasteiger charge is 2.19. The second kappa shape index (κ2) is 5.82. The monoisotopic (exact) mass is 339 g/mol. The second-order valence-electron chi connectivity index (χ2n) is 5.55. The lowest BCUT2D eigenvalue weighted by Gasteiger charge is -2.19. The zero-order valence-electron chi connectivity index (χ0n) is 12.9. The molecule has 2 aliphatic rings. The first-order chi connectivity index (χ1) is 12.1. The van der Waals surface area contributed by atoms with Gasteiger partial charge in [0.2, 0.25) is 0 Å². The molecule has 0 atom stereocenters. The van der Waals surface area contributed by atoms with Crippen LogP contribution in [0.3, 0.4) is 0 Å². The minimum atomic E-state index is -0.356. The first kappa shape index (κ1) is 15.0. The number of amides is 3. The van der Waals surface area contributed by atoms with Crippen molar-refractivity contribution in [3.05, 3.63) is 42.0 Å². The maximum Gasteiger partial charge on any atom is 0.262 e. The van der Waals surface area contributed by atoms with E-state index < -0.39 is 0 Å². The molecule has 2 aromatic rings. The molecular formula is C17H13N3O5.